The average molecular weight is 315 g/mol. The fourth-order valence-corrected chi connectivity index (χ4v) is 3.72. The molecule has 0 radical (unpaired) electrons. The van der Waals surface area contributed by atoms with Gasteiger partial charge >= 0.3 is 0 Å². The molecule has 0 aromatic heterocycles. The highest BCUT2D eigenvalue weighted by atomic mass is 35.5. The normalized spacial score (nSPS) is 26.5. The number of ether oxygens (including phenoxy) is 1. The van der Waals surface area contributed by atoms with Gasteiger partial charge < -0.3 is 10.1 Å². The molecule has 3 nitrogen and oxygen atoms in total. The molecule has 2 heterocycles. The molecule has 2 saturated heterocycles. The van der Waals surface area contributed by atoms with Crippen molar-refractivity contribution in [3.05, 3.63) is 28.2 Å². The zero-order valence-corrected chi connectivity index (χ0v) is 13.0. The van der Waals surface area contributed by atoms with Gasteiger partial charge in [0.25, 0.3) is 0 Å². The molecule has 5 heteroatoms. The second kappa shape index (κ2) is 6.52. The Labute approximate surface area is 130 Å². The van der Waals surface area contributed by atoms with Gasteiger partial charge in [-0.1, -0.05) is 29.3 Å². The van der Waals surface area contributed by atoms with Crippen LogP contribution in [0.4, 0.5) is 0 Å². The Hall–Kier alpha value is -0.480. The summed E-state index contributed by atoms with van der Waals surface area (Å²) in [6.07, 6.45) is 2.66. The first kappa shape index (κ1) is 14.5. The van der Waals surface area contributed by atoms with Gasteiger partial charge in [-0.25, -0.2) is 0 Å². The molecule has 1 aromatic rings. The van der Waals surface area contributed by atoms with E-state index in [4.69, 9.17) is 27.9 Å². The van der Waals surface area contributed by atoms with E-state index in [0.717, 1.165) is 19.0 Å². The maximum absolute atomic E-state index is 6.09. The van der Waals surface area contributed by atoms with Crippen LogP contribution < -0.4 is 10.1 Å². The Morgan fingerprint density at radius 1 is 1.25 bits per heavy atom. The first-order chi connectivity index (χ1) is 9.74. The number of halogens is 2. The van der Waals surface area contributed by atoms with Crippen LogP contribution in [-0.2, 0) is 0 Å². The van der Waals surface area contributed by atoms with Crippen LogP contribution in [-0.4, -0.2) is 43.7 Å². The third-order valence-corrected chi connectivity index (χ3v) is 4.84. The molecule has 1 N–H and O–H groups in total. The summed E-state index contributed by atoms with van der Waals surface area (Å²) < 4.78 is 5.76. The van der Waals surface area contributed by atoms with Crippen molar-refractivity contribution in [3.63, 3.8) is 0 Å². The van der Waals surface area contributed by atoms with E-state index in [1.807, 2.05) is 6.07 Å². The van der Waals surface area contributed by atoms with Gasteiger partial charge in [-0.2, -0.15) is 0 Å². The zero-order chi connectivity index (χ0) is 13.9. The molecule has 0 amide bonds. The quantitative estimate of drug-likeness (QED) is 0.924. The smallest absolute Gasteiger partial charge is 0.156 e. The lowest BCUT2D eigenvalue weighted by Crippen LogP contribution is -2.40. The summed E-state index contributed by atoms with van der Waals surface area (Å²) >= 11 is 12.2. The summed E-state index contributed by atoms with van der Waals surface area (Å²) in [6.45, 7) is 5.03. The van der Waals surface area contributed by atoms with E-state index in [-0.39, 0.29) is 0 Å². The van der Waals surface area contributed by atoms with Crippen LogP contribution in [0.1, 0.15) is 12.8 Å². The number of hydrogen-bond acceptors (Lipinski definition) is 3. The minimum absolute atomic E-state index is 0.578. The maximum atomic E-state index is 6.09. The standard InChI is InChI=1S/C15H20Cl2N2O/c16-12-4-1-5-13(17)15(12)20-8-7-19-9-11-3-2-6-18-14(11)10-19/h1,4-5,11,14,18H,2-3,6-10H2/t11-,14+/m0/s1. The largest absolute Gasteiger partial charge is 0.489 e. The van der Waals surface area contributed by atoms with Crippen molar-refractivity contribution in [1.29, 1.82) is 0 Å². The molecule has 3 rings (SSSR count). The van der Waals surface area contributed by atoms with Gasteiger partial charge in [0.1, 0.15) is 6.61 Å². The molecule has 2 fully saturated rings. The van der Waals surface area contributed by atoms with Crippen molar-refractivity contribution in [2.24, 2.45) is 5.92 Å². The van der Waals surface area contributed by atoms with Gasteiger partial charge in [-0.3, -0.25) is 4.90 Å². The highest BCUT2D eigenvalue weighted by molar-refractivity contribution is 6.37. The highest BCUT2D eigenvalue weighted by Crippen LogP contribution is 2.32. The molecule has 0 bridgehead atoms. The monoisotopic (exact) mass is 314 g/mol. The van der Waals surface area contributed by atoms with Crippen molar-refractivity contribution in [3.8, 4) is 5.75 Å². The van der Waals surface area contributed by atoms with Crippen LogP contribution in [0.5, 0.6) is 5.75 Å². The van der Waals surface area contributed by atoms with E-state index in [9.17, 15) is 0 Å². The minimum Gasteiger partial charge on any atom is -0.489 e. The van der Waals surface area contributed by atoms with Gasteiger partial charge in [0.2, 0.25) is 0 Å². The third-order valence-electron chi connectivity index (χ3n) is 4.25. The van der Waals surface area contributed by atoms with E-state index >= 15 is 0 Å². The number of piperidine rings is 1. The van der Waals surface area contributed by atoms with E-state index in [1.165, 1.54) is 25.9 Å². The molecule has 2 aliphatic rings. The molecule has 0 saturated carbocycles. The van der Waals surface area contributed by atoms with Crippen molar-refractivity contribution < 1.29 is 4.74 Å². The summed E-state index contributed by atoms with van der Waals surface area (Å²) in [5.74, 6) is 1.42. The highest BCUT2D eigenvalue weighted by Gasteiger charge is 2.33. The van der Waals surface area contributed by atoms with Crippen LogP contribution >= 0.6 is 23.2 Å². The average Bonchev–Trinajstić information content (AvgIpc) is 2.84. The first-order valence-corrected chi connectivity index (χ1v) is 8.02. The molecular weight excluding hydrogens is 295 g/mol. The molecule has 110 valence electrons. The van der Waals surface area contributed by atoms with Crippen LogP contribution in [0.2, 0.25) is 10.0 Å². The Bertz CT molecular complexity index is 435. The molecule has 2 aliphatic heterocycles. The second-order valence-corrected chi connectivity index (χ2v) is 6.44. The minimum atomic E-state index is 0.578. The van der Waals surface area contributed by atoms with Gasteiger partial charge in [0.15, 0.2) is 5.75 Å². The SMILES string of the molecule is Clc1cccc(Cl)c1OCCN1C[C@@H]2CCCN[C@@H]2C1. The lowest BCUT2D eigenvalue weighted by molar-refractivity contribution is 0.232. The number of benzene rings is 1. The Morgan fingerprint density at radius 2 is 2.05 bits per heavy atom. The van der Waals surface area contributed by atoms with Crippen LogP contribution in [0.15, 0.2) is 18.2 Å². The van der Waals surface area contributed by atoms with Crippen molar-refractivity contribution in [2.75, 3.05) is 32.8 Å². The second-order valence-electron chi connectivity index (χ2n) is 5.62. The lowest BCUT2D eigenvalue weighted by Gasteiger charge is -2.24. The van der Waals surface area contributed by atoms with E-state index in [1.54, 1.807) is 12.1 Å². The summed E-state index contributed by atoms with van der Waals surface area (Å²) in [5, 5.41) is 4.77. The fourth-order valence-electron chi connectivity index (χ4n) is 3.22. The van der Waals surface area contributed by atoms with Crippen LogP contribution in [0.3, 0.4) is 0 Å². The molecule has 0 spiro atoms. The fraction of sp³-hybridized carbons (Fsp3) is 0.600. The zero-order valence-electron chi connectivity index (χ0n) is 11.4. The van der Waals surface area contributed by atoms with Gasteiger partial charge in [-0.15, -0.1) is 0 Å². The van der Waals surface area contributed by atoms with Crippen molar-refractivity contribution in [1.82, 2.24) is 10.2 Å². The van der Waals surface area contributed by atoms with E-state index in [0.29, 0.717) is 28.4 Å². The van der Waals surface area contributed by atoms with Crippen molar-refractivity contribution in [2.45, 2.75) is 18.9 Å². The predicted octanol–water partition coefficient (Wildman–Crippen LogP) is 3.06. The third kappa shape index (κ3) is 3.22. The molecular formula is C15H20Cl2N2O. The summed E-state index contributed by atoms with van der Waals surface area (Å²) in [4.78, 5) is 2.47. The van der Waals surface area contributed by atoms with Gasteiger partial charge in [0.05, 0.1) is 10.0 Å². The number of nitrogens with one attached hydrogen (secondary N) is 1. The predicted molar refractivity (Wildman–Crippen MR) is 82.9 cm³/mol. The summed E-state index contributed by atoms with van der Waals surface area (Å²) in [7, 11) is 0. The van der Waals surface area contributed by atoms with Gasteiger partial charge in [0, 0.05) is 25.7 Å². The lowest BCUT2D eigenvalue weighted by atomic mass is 9.94. The van der Waals surface area contributed by atoms with Crippen LogP contribution in [0.25, 0.3) is 0 Å². The van der Waals surface area contributed by atoms with E-state index < -0.39 is 0 Å². The number of para-hydroxylation sites is 1. The number of nitrogens with zero attached hydrogens (tertiary/aromatic N) is 1. The summed E-state index contributed by atoms with van der Waals surface area (Å²) in [5.41, 5.74) is 0. The maximum Gasteiger partial charge on any atom is 0.156 e. The van der Waals surface area contributed by atoms with Gasteiger partial charge in [-0.05, 0) is 37.4 Å². The molecule has 20 heavy (non-hydrogen) atoms. The Morgan fingerprint density at radius 3 is 2.80 bits per heavy atom. The summed E-state index contributed by atoms with van der Waals surface area (Å²) in [6, 6.07) is 6.11. The molecule has 1 aromatic carbocycles. The van der Waals surface area contributed by atoms with Crippen LogP contribution in [0, 0.1) is 5.92 Å². The Kier molecular flexibility index (Phi) is 4.72. The number of likely N-dealkylation sites (tertiary alicyclic amines) is 1. The molecule has 0 unspecified atom stereocenters. The molecule has 0 aliphatic carbocycles. The van der Waals surface area contributed by atoms with Crippen molar-refractivity contribution >= 4 is 23.2 Å². The number of hydrogen-bond donors (Lipinski definition) is 1. The number of fused-ring (bicyclic) bond motifs is 1. The Balaban J connectivity index is 1.49. The van der Waals surface area contributed by atoms with E-state index in [2.05, 4.69) is 10.2 Å². The topological polar surface area (TPSA) is 24.5 Å². The first-order valence-electron chi connectivity index (χ1n) is 7.26. The number of rotatable bonds is 4. The molecule has 2 atom stereocenters.